The van der Waals surface area contributed by atoms with Gasteiger partial charge in [-0.05, 0) is 61.0 Å². The summed E-state index contributed by atoms with van der Waals surface area (Å²) >= 11 is 1.65. The molecule has 2 aromatic heterocycles. The molecule has 1 aromatic carbocycles. The van der Waals surface area contributed by atoms with Crippen molar-refractivity contribution in [1.82, 2.24) is 9.47 Å². The van der Waals surface area contributed by atoms with Crippen molar-refractivity contribution in [3.05, 3.63) is 86.5 Å². The average molecular weight is 395 g/mol. The van der Waals surface area contributed by atoms with E-state index in [1.54, 1.807) is 22.0 Å². The summed E-state index contributed by atoms with van der Waals surface area (Å²) in [5.41, 5.74) is 2.61. The first kappa shape index (κ1) is 19.0. The van der Waals surface area contributed by atoms with Crippen LogP contribution in [-0.4, -0.2) is 22.6 Å². The minimum absolute atomic E-state index is 0.0191. The molecule has 0 atom stereocenters. The third kappa shape index (κ3) is 5.12. The van der Waals surface area contributed by atoms with Crippen molar-refractivity contribution in [2.24, 2.45) is 0 Å². The van der Waals surface area contributed by atoms with Crippen molar-refractivity contribution in [3.8, 4) is 5.75 Å². The molecule has 1 aliphatic rings. The predicted octanol–water partition coefficient (Wildman–Crippen LogP) is 4.33. The lowest BCUT2D eigenvalue weighted by Gasteiger charge is -2.14. The summed E-state index contributed by atoms with van der Waals surface area (Å²) in [7, 11) is 0. The molecule has 4 rings (SSSR count). The Morgan fingerprint density at radius 3 is 2.50 bits per heavy atom. The van der Waals surface area contributed by atoms with Crippen molar-refractivity contribution in [2.75, 3.05) is 13.1 Å². The van der Waals surface area contributed by atoms with Crippen molar-refractivity contribution in [3.63, 3.8) is 0 Å². The molecule has 0 saturated carbocycles. The highest BCUT2D eigenvalue weighted by Gasteiger charge is 2.11. The van der Waals surface area contributed by atoms with Gasteiger partial charge in [0.25, 0.3) is 5.56 Å². The maximum atomic E-state index is 12.4. The van der Waals surface area contributed by atoms with E-state index in [0.29, 0.717) is 18.9 Å². The highest BCUT2D eigenvalue weighted by atomic mass is 32.1. The van der Waals surface area contributed by atoms with E-state index < -0.39 is 0 Å². The molecule has 3 heterocycles. The van der Waals surface area contributed by atoms with Crippen LogP contribution in [0.3, 0.4) is 0 Å². The zero-order valence-electron chi connectivity index (χ0n) is 16.0. The Kier molecular flexibility index (Phi) is 6.24. The highest BCUT2D eigenvalue weighted by molar-refractivity contribution is 7.09. The van der Waals surface area contributed by atoms with E-state index in [0.717, 1.165) is 17.8 Å². The molecule has 28 heavy (non-hydrogen) atoms. The summed E-state index contributed by atoms with van der Waals surface area (Å²) in [6.45, 7) is 4.67. The number of likely N-dealkylation sites (tertiary alicyclic amines) is 1. The first-order valence-electron chi connectivity index (χ1n) is 9.92. The maximum Gasteiger partial charge on any atom is 0.254 e. The van der Waals surface area contributed by atoms with Crippen LogP contribution in [0.15, 0.2) is 64.9 Å². The molecule has 146 valence electrons. The highest BCUT2D eigenvalue weighted by Crippen LogP contribution is 2.15. The number of thiophene rings is 1. The zero-order valence-corrected chi connectivity index (χ0v) is 16.9. The molecular formula is C23H26N2O2S. The van der Waals surface area contributed by atoms with Gasteiger partial charge in [0.05, 0.1) is 0 Å². The molecule has 0 amide bonds. The second-order valence-corrected chi connectivity index (χ2v) is 8.34. The van der Waals surface area contributed by atoms with Crippen molar-refractivity contribution in [1.29, 1.82) is 0 Å². The van der Waals surface area contributed by atoms with Crippen molar-refractivity contribution >= 4 is 11.3 Å². The van der Waals surface area contributed by atoms with Gasteiger partial charge in [-0.3, -0.25) is 9.69 Å². The van der Waals surface area contributed by atoms with E-state index >= 15 is 0 Å². The minimum Gasteiger partial charge on any atom is -0.488 e. The summed E-state index contributed by atoms with van der Waals surface area (Å²) in [5, 5.41) is 2.02. The summed E-state index contributed by atoms with van der Waals surface area (Å²) in [6, 6.07) is 16.3. The molecule has 0 bridgehead atoms. The van der Waals surface area contributed by atoms with Crippen LogP contribution in [0.1, 0.15) is 28.8 Å². The van der Waals surface area contributed by atoms with Crippen LogP contribution in [0.5, 0.6) is 5.75 Å². The summed E-state index contributed by atoms with van der Waals surface area (Å²) in [5.74, 6) is 0.626. The fourth-order valence-corrected chi connectivity index (χ4v) is 4.19. The molecule has 0 aliphatic carbocycles. The number of ether oxygens (including phenoxy) is 1. The van der Waals surface area contributed by atoms with Crippen LogP contribution in [0, 0.1) is 0 Å². The second kappa shape index (κ2) is 9.22. The van der Waals surface area contributed by atoms with E-state index in [1.807, 2.05) is 29.8 Å². The van der Waals surface area contributed by atoms with E-state index in [4.69, 9.17) is 4.74 Å². The van der Waals surface area contributed by atoms with Gasteiger partial charge in [0, 0.05) is 30.2 Å². The predicted molar refractivity (Wildman–Crippen MR) is 114 cm³/mol. The van der Waals surface area contributed by atoms with Gasteiger partial charge in [-0.25, -0.2) is 0 Å². The Morgan fingerprint density at radius 2 is 1.79 bits per heavy atom. The molecule has 1 aliphatic heterocycles. The van der Waals surface area contributed by atoms with E-state index in [2.05, 4.69) is 29.2 Å². The first-order chi connectivity index (χ1) is 13.8. The Hall–Kier alpha value is -2.37. The minimum atomic E-state index is -0.0191. The molecule has 3 aromatic rings. The van der Waals surface area contributed by atoms with Crippen LogP contribution in [-0.2, 0) is 26.1 Å². The van der Waals surface area contributed by atoms with Crippen LogP contribution in [0.25, 0.3) is 0 Å². The molecule has 0 N–H and O–H groups in total. The lowest BCUT2D eigenvalue weighted by molar-refractivity contribution is 0.308. The van der Waals surface area contributed by atoms with E-state index in [-0.39, 0.29) is 5.56 Å². The van der Waals surface area contributed by atoms with E-state index in [9.17, 15) is 4.79 Å². The van der Waals surface area contributed by atoms with Gasteiger partial charge in [0.1, 0.15) is 12.4 Å². The monoisotopic (exact) mass is 394 g/mol. The molecule has 0 radical (unpaired) electrons. The molecule has 0 spiro atoms. The fraction of sp³-hybridized carbons (Fsp3) is 0.348. The molecule has 1 saturated heterocycles. The number of hydrogen-bond donors (Lipinski definition) is 0. The first-order valence-corrected chi connectivity index (χ1v) is 10.8. The Balaban J connectivity index is 1.29. The van der Waals surface area contributed by atoms with Gasteiger partial charge < -0.3 is 9.30 Å². The van der Waals surface area contributed by atoms with Crippen molar-refractivity contribution < 1.29 is 4.74 Å². The lowest BCUT2D eigenvalue weighted by Crippen LogP contribution is -2.20. The largest absolute Gasteiger partial charge is 0.488 e. The number of benzene rings is 1. The van der Waals surface area contributed by atoms with Crippen molar-refractivity contribution in [2.45, 2.75) is 39.0 Å². The fourth-order valence-electron chi connectivity index (χ4n) is 3.57. The third-order valence-electron chi connectivity index (χ3n) is 5.20. The number of nitrogens with zero attached hydrogens (tertiary/aromatic N) is 2. The Morgan fingerprint density at radius 1 is 1.00 bits per heavy atom. The number of aromatic nitrogens is 1. The van der Waals surface area contributed by atoms with Gasteiger partial charge in [0.15, 0.2) is 0 Å². The molecule has 1 fully saturated rings. The van der Waals surface area contributed by atoms with Gasteiger partial charge in [-0.1, -0.05) is 30.3 Å². The average Bonchev–Trinajstić information content (AvgIpc) is 3.41. The van der Waals surface area contributed by atoms with Gasteiger partial charge >= 0.3 is 0 Å². The standard InChI is InChI=1S/C23H26N2O2S/c26-23-16-21(27-18-22-4-3-15-28-22)10-14-25(23)13-9-19-5-7-20(8-6-19)17-24-11-1-2-12-24/h3-8,10,14-16H,1-2,9,11-13,17-18H2. The molecular weight excluding hydrogens is 368 g/mol. The molecule has 5 heteroatoms. The zero-order chi connectivity index (χ0) is 19.2. The van der Waals surface area contributed by atoms with Gasteiger partial charge in [0.2, 0.25) is 0 Å². The number of rotatable bonds is 8. The lowest BCUT2D eigenvalue weighted by atomic mass is 10.1. The maximum absolute atomic E-state index is 12.4. The number of hydrogen-bond acceptors (Lipinski definition) is 4. The number of aryl methyl sites for hydroxylation is 2. The Bertz CT molecular complexity index is 926. The van der Waals surface area contributed by atoms with Crippen LogP contribution >= 0.6 is 11.3 Å². The summed E-state index contributed by atoms with van der Waals surface area (Å²) in [6.07, 6.45) is 5.32. The third-order valence-corrected chi connectivity index (χ3v) is 6.05. The van der Waals surface area contributed by atoms with Crippen LogP contribution in [0.4, 0.5) is 0 Å². The SMILES string of the molecule is O=c1cc(OCc2cccs2)ccn1CCc1ccc(CN2CCCC2)cc1. The molecule has 4 nitrogen and oxygen atoms in total. The molecule has 0 unspecified atom stereocenters. The number of pyridine rings is 1. The summed E-state index contributed by atoms with van der Waals surface area (Å²) in [4.78, 5) is 16.0. The van der Waals surface area contributed by atoms with Crippen LogP contribution in [0.2, 0.25) is 0 Å². The topological polar surface area (TPSA) is 34.5 Å². The van der Waals surface area contributed by atoms with Gasteiger partial charge in [-0.2, -0.15) is 0 Å². The second-order valence-electron chi connectivity index (χ2n) is 7.31. The summed E-state index contributed by atoms with van der Waals surface area (Å²) < 4.78 is 7.46. The quantitative estimate of drug-likeness (QED) is 0.570. The smallest absolute Gasteiger partial charge is 0.254 e. The normalized spacial score (nSPS) is 14.4. The Labute approximate surface area is 170 Å². The van der Waals surface area contributed by atoms with E-state index in [1.165, 1.54) is 37.1 Å². The van der Waals surface area contributed by atoms with Crippen LogP contribution < -0.4 is 10.3 Å². The van der Waals surface area contributed by atoms with Gasteiger partial charge in [-0.15, -0.1) is 11.3 Å².